The van der Waals surface area contributed by atoms with Crippen molar-refractivity contribution in [3.05, 3.63) is 18.0 Å². The highest BCUT2D eigenvalue weighted by molar-refractivity contribution is 5.09. The van der Waals surface area contributed by atoms with Crippen LogP contribution in [0.1, 0.15) is 44.8 Å². The highest BCUT2D eigenvalue weighted by Gasteiger charge is 2.41. The Kier molecular flexibility index (Phi) is 3.04. The van der Waals surface area contributed by atoms with Gasteiger partial charge in [-0.25, -0.2) is 0 Å². The quantitative estimate of drug-likeness (QED) is 0.807. The predicted octanol–water partition coefficient (Wildman–Crippen LogP) is 1.25. The minimum atomic E-state index is -0.603. The van der Waals surface area contributed by atoms with Gasteiger partial charge in [-0.2, -0.15) is 5.10 Å². The zero-order chi connectivity index (χ0) is 11.8. The van der Waals surface area contributed by atoms with Crippen LogP contribution in [0.4, 0.5) is 0 Å². The Morgan fingerprint density at radius 1 is 1.69 bits per heavy atom. The molecule has 0 amide bonds. The van der Waals surface area contributed by atoms with Gasteiger partial charge in [0.1, 0.15) is 0 Å². The molecule has 0 aliphatic heterocycles. The first-order chi connectivity index (χ1) is 7.52. The third-order valence-electron chi connectivity index (χ3n) is 3.50. The van der Waals surface area contributed by atoms with Crippen LogP contribution < -0.4 is 5.73 Å². The second-order valence-electron chi connectivity index (χ2n) is 5.11. The number of aliphatic hydroxyl groups is 1. The molecule has 1 heterocycles. The first-order valence-corrected chi connectivity index (χ1v) is 6.04. The van der Waals surface area contributed by atoms with Gasteiger partial charge in [-0.3, -0.25) is 4.68 Å². The second kappa shape index (κ2) is 4.18. The van der Waals surface area contributed by atoms with E-state index in [2.05, 4.69) is 18.9 Å². The average Bonchev–Trinajstić information content (AvgIpc) is 2.62. The highest BCUT2D eigenvalue weighted by Crippen LogP contribution is 2.33. The van der Waals surface area contributed by atoms with Crippen molar-refractivity contribution < 1.29 is 5.11 Å². The summed E-state index contributed by atoms with van der Waals surface area (Å²) in [5, 5.41) is 14.6. The topological polar surface area (TPSA) is 64.1 Å². The van der Waals surface area contributed by atoms with Gasteiger partial charge in [0.15, 0.2) is 0 Å². The van der Waals surface area contributed by atoms with E-state index in [1.807, 2.05) is 16.9 Å². The van der Waals surface area contributed by atoms with E-state index < -0.39 is 5.60 Å². The molecule has 0 spiro atoms. The van der Waals surface area contributed by atoms with Crippen molar-refractivity contribution >= 4 is 0 Å². The van der Waals surface area contributed by atoms with Gasteiger partial charge in [-0.1, -0.05) is 6.92 Å². The summed E-state index contributed by atoms with van der Waals surface area (Å²) >= 11 is 0. The lowest BCUT2D eigenvalue weighted by atomic mass is 9.73. The normalized spacial score (nSPS) is 31.1. The maximum absolute atomic E-state index is 10.1. The van der Waals surface area contributed by atoms with Gasteiger partial charge in [0.25, 0.3) is 0 Å². The van der Waals surface area contributed by atoms with Crippen LogP contribution in [0.3, 0.4) is 0 Å². The molecule has 1 fully saturated rings. The van der Waals surface area contributed by atoms with Crippen LogP contribution >= 0.6 is 0 Å². The van der Waals surface area contributed by atoms with E-state index in [9.17, 15) is 5.11 Å². The maximum atomic E-state index is 10.1. The Balaban J connectivity index is 1.98. The van der Waals surface area contributed by atoms with E-state index in [0.717, 1.165) is 12.1 Å². The Labute approximate surface area is 96.5 Å². The lowest BCUT2D eigenvalue weighted by Crippen LogP contribution is -2.52. The zero-order valence-corrected chi connectivity index (χ0v) is 10.1. The van der Waals surface area contributed by atoms with Gasteiger partial charge in [0.2, 0.25) is 0 Å². The highest BCUT2D eigenvalue weighted by atomic mass is 16.3. The van der Waals surface area contributed by atoms with Crippen LogP contribution in [0, 0.1) is 0 Å². The Morgan fingerprint density at radius 3 is 2.94 bits per heavy atom. The number of rotatable bonds is 4. The maximum Gasteiger partial charge on any atom is 0.0733 e. The molecule has 4 heteroatoms. The van der Waals surface area contributed by atoms with Gasteiger partial charge in [-0.15, -0.1) is 0 Å². The molecule has 1 aromatic heterocycles. The Bertz CT molecular complexity index is 355. The summed E-state index contributed by atoms with van der Waals surface area (Å²) in [5.41, 5.74) is 6.06. The van der Waals surface area contributed by atoms with Gasteiger partial charge in [0.05, 0.1) is 11.3 Å². The van der Waals surface area contributed by atoms with Gasteiger partial charge in [-0.05, 0) is 32.3 Å². The molecule has 16 heavy (non-hydrogen) atoms. The molecule has 4 nitrogen and oxygen atoms in total. The smallest absolute Gasteiger partial charge is 0.0733 e. The molecular formula is C12H21N3O. The van der Waals surface area contributed by atoms with E-state index in [4.69, 9.17) is 5.73 Å². The minimum Gasteiger partial charge on any atom is -0.389 e. The zero-order valence-electron chi connectivity index (χ0n) is 10.1. The second-order valence-corrected chi connectivity index (χ2v) is 5.11. The minimum absolute atomic E-state index is 0.168. The first-order valence-electron chi connectivity index (χ1n) is 6.04. The third kappa shape index (κ3) is 2.28. The van der Waals surface area contributed by atoms with E-state index in [-0.39, 0.29) is 6.04 Å². The summed E-state index contributed by atoms with van der Waals surface area (Å²) in [6.45, 7) is 4.29. The molecule has 1 unspecified atom stereocenters. The molecule has 1 saturated carbocycles. The van der Waals surface area contributed by atoms with Gasteiger partial charge in [0, 0.05) is 24.7 Å². The largest absolute Gasteiger partial charge is 0.389 e. The van der Waals surface area contributed by atoms with Crippen LogP contribution in [0.15, 0.2) is 12.3 Å². The SMILES string of the molecule is CCC(C)n1ccc(CC2(O)CC(N)C2)n1. The van der Waals surface area contributed by atoms with Crippen molar-refractivity contribution in [2.75, 3.05) is 0 Å². The van der Waals surface area contributed by atoms with Crippen LogP contribution in [0.2, 0.25) is 0 Å². The van der Waals surface area contributed by atoms with Crippen molar-refractivity contribution in [1.82, 2.24) is 9.78 Å². The van der Waals surface area contributed by atoms with E-state index >= 15 is 0 Å². The summed E-state index contributed by atoms with van der Waals surface area (Å²) in [6.07, 6.45) is 5.08. The molecule has 0 saturated heterocycles. The molecule has 2 rings (SSSR count). The van der Waals surface area contributed by atoms with E-state index in [0.29, 0.717) is 25.3 Å². The van der Waals surface area contributed by atoms with Crippen LogP contribution in [0.25, 0.3) is 0 Å². The Hall–Kier alpha value is -0.870. The van der Waals surface area contributed by atoms with Crippen LogP contribution in [-0.4, -0.2) is 26.5 Å². The van der Waals surface area contributed by atoms with E-state index in [1.165, 1.54) is 0 Å². The van der Waals surface area contributed by atoms with Crippen molar-refractivity contribution in [3.63, 3.8) is 0 Å². The molecule has 1 aliphatic carbocycles. The predicted molar refractivity (Wildman–Crippen MR) is 63.1 cm³/mol. The van der Waals surface area contributed by atoms with Crippen molar-refractivity contribution in [2.24, 2.45) is 5.73 Å². The van der Waals surface area contributed by atoms with Crippen LogP contribution in [0.5, 0.6) is 0 Å². The summed E-state index contributed by atoms with van der Waals surface area (Å²) in [5.74, 6) is 0. The van der Waals surface area contributed by atoms with Gasteiger partial charge >= 0.3 is 0 Å². The van der Waals surface area contributed by atoms with Crippen LogP contribution in [-0.2, 0) is 6.42 Å². The standard InChI is InChI=1S/C12H21N3O/c1-3-9(2)15-5-4-11(14-15)8-12(16)6-10(13)7-12/h4-5,9-10,16H,3,6-8,13H2,1-2H3. The summed E-state index contributed by atoms with van der Waals surface area (Å²) in [6, 6.07) is 2.59. The molecular weight excluding hydrogens is 202 g/mol. The lowest BCUT2D eigenvalue weighted by molar-refractivity contribution is -0.0463. The molecule has 0 bridgehead atoms. The lowest BCUT2D eigenvalue weighted by Gasteiger charge is -2.41. The molecule has 0 radical (unpaired) electrons. The molecule has 3 N–H and O–H groups in total. The molecule has 1 atom stereocenters. The number of hydrogen-bond donors (Lipinski definition) is 2. The summed E-state index contributed by atoms with van der Waals surface area (Å²) in [7, 11) is 0. The van der Waals surface area contributed by atoms with E-state index in [1.54, 1.807) is 0 Å². The van der Waals surface area contributed by atoms with Crippen molar-refractivity contribution in [3.8, 4) is 0 Å². The van der Waals surface area contributed by atoms with Crippen molar-refractivity contribution in [2.45, 2.75) is 57.2 Å². The fourth-order valence-electron chi connectivity index (χ4n) is 2.30. The molecule has 1 aromatic rings. The Morgan fingerprint density at radius 2 is 2.38 bits per heavy atom. The summed E-state index contributed by atoms with van der Waals surface area (Å²) in [4.78, 5) is 0. The average molecular weight is 223 g/mol. The van der Waals surface area contributed by atoms with Gasteiger partial charge < -0.3 is 10.8 Å². The molecule has 90 valence electrons. The molecule has 1 aliphatic rings. The first kappa shape index (κ1) is 11.6. The summed E-state index contributed by atoms with van der Waals surface area (Å²) < 4.78 is 1.97. The monoisotopic (exact) mass is 223 g/mol. The number of aromatic nitrogens is 2. The molecule has 0 aromatic carbocycles. The number of hydrogen-bond acceptors (Lipinski definition) is 3. The number of nitrogens with two attached hydrogens (primary N) is 1. The van der Waals surface area contributed by atoms with Crippen molar-refractivity contribution in [1.29, 1.82) is 0 Å². The fraction of sp³-hybridized carbons (Fsp3) is 0.750. The number of nitrogens with zero attached hydrogens (tertiary/aromatic N) is 2. The fourth-order valence-corrected chi connectivity index (χ4v) is 2.30. The third-order valence-corrected chi connectivity index (χ3v) is 3.50.